The molecule has 2 atom stereocenters. The van der Waals surface area contributed by atoms with Gasteiger partial charge in [0.05, 0.1) is 18.6 Å². The van der Waals surface area contributed by atoms with Crippen LogP contribution in [0.15, 0.2) is 0 Å². The molecule has 0 spiro atoms. The van der Waals surface area contributed by atoms with Crippen molar-refractivity contribution in [3.05, 3.63) is 10.2 Å². The average molecular weight is 184 g/mol. The van der Waals surface area contributed by atoms with E-state index >= 15 is 0 Å². The van der Waals surface area contributed by atoms with Gasteiger partial charge in [0.2, 0.25) is 0 Å². The minimum absolute atomic E-state index is 0.285. The number of nitrogens with zero attached hydrogens (tertiary/aromatic N) is 2. The molecule has 0 amide bonds. The highest BCUT2D eigenvalue weighted by Gasteiger charge is 2.21. The summed E-state index contributed by atoms with van der Waals surface area (Å²) in [5, 5.41) is 12.4. The largest absolute Gasteiger partial charge is 0.498 e. The third-order valence-corrected chi connectivity index (χ3v) is 2.10. The topological polar surface area (TPSA) is 39.9 Å². The second-order valence-electron chi connectivity index (χ2n) is 3.52. The standard InChI is InChI=1S/C9H16N2O2/c1-8-6-11(5-3-4-10-12)7-9(2)13-8/h8-9H,3,5-7H2,1-2H3. The van der Waals surface area contributed by atoms with Gasteiger partial charge in [-0.1, -0.05) is 0 Å². The SMILES string of the molecule is CC1CN(CCC#[N+][O-])CC(C)O1. The lowest BCUT2D eigenvalue weighted by Gasteiger charge is -2.34. The van der Waals surface area contributed by atoms with Gasteiger partial charge in [-0.25, -0.2) is 0 Å². The highest BCUT2D eigenvalue weighted by Crippen LogP contribution is 2.10. The van der Waals surface area contributed by atoms with E-state index in [4.69, 9.17) is 4.74 Å². The fraction of sp³-hybridized carbons (Fsp3) is 0.889. The molecule has 4 nitrogen and oxygen atoms in total. The van der Waals surface area contributed by atoms with Gasteiger partial charge in [0, 0.05) is 24.6 Å². The molecule has 0 bridgehead atoms. The predicted octanol–water partition coefficient (Wildman–Crippen LogP) is 1.32. The zero-order valence-corrected chi connectivity index (χ0v) is 8.19. The van der Waals surface area contributed by atoms with Gasteiger partial charge in [0.1, 0.15) is 0 Å². The quantitative estimate of drug-likeness (QED) is 0.607. The van der Waals surface area contributed by atoms with E-state index in [-0.39, 0.29) is 12.2 Å². The minimum Gasteiger partial charge on any atom is -0.498 e. The Kier molecular flexibility index (Phi) is 4.00. The monoisotopic (exact) mass is 184 g/mol. The van der Waals surface area contributed by atoms with Crippen LogP contribution in [-0.4, -0.2) is 36.7 Å². The number of rotatable bonds is 2. The zero-order chi connectivity index (χ0) is 9.68. The summed E-state index contributed by atoms with van der Waals surface area (Å²) in [5.74, 6) is 0. The smallest absolute Gasteiger partial charge is 0.299 e. The lowest BCUT2D eigenvalue weighted by atomic mass is 10.2. The van der Waals surface area contributed by atoms with Crippen molar-refractivity contribution < 1.29 is 4.74 Å². The highest BCUT2D eigenvalue weighted by molar-refractivity contribution is 4.88. The lowest BCUT2D eigenvalue weighted by molar-refractivity contribution is -0.0672. The first-order valence-electron chi connectivity index (χ1n) is 4.65. The third kappa shape index (κ3) is 3.62. The van der Waals surface area contributed by atoms with E-state index in [0.717, 1.165) is 19.6 Å². The van der Waals surface area contributed by atoms with Crippen molar-refractivity contribution >= 4 is 0 Å². The van der Waals surface area contributed by atoms with Crippen molar-refractivity contribution in [2.45, 2.75) is 32.5 Å². The third-order valence-electron chi connectivity index (χ3n) is 2.10. The van der Waals surface area contributed by atoms with Crippen molar-refractivity contribution in [2.24, 2.45) is 0 Å². The molecular weight excluding hydrogens is 168 g/mol. The van der Waals surface area contributed by atoms with Crippen molar-refractivity contribution in [1.82, 2.24) is 4.90 Å². The summed E-state index contributed by atoms with van der Waals surface area (Å²) in [7, 11) is 0. The molecule has 0 saturated carbocycles. The van der Waals surface area contributed by atoms with Crippen LogP contribution >= 0.6 is 0 Å². The molecule has 0 N–H and O–H groups in total. The Balaban J connectivity index is 2.27. The molecule has 4 heteroatoms. The Morgan fingerprint density at radius 1 is 1.46 bits per heavy atom. The normalized spacial score (nSPS) is 29.4. The van der Waals surface area contributed by atoms with Crippen LogP contribution in [0.4, 0.5) is 0 Å². The van der Waals surface area contributed by atoms with Crippen LogP contribution in [0.5, 0.6) is 0 Å². The van der Waals surface area contributed by atoms with Crippen LogP contribution < -0.4 is 0 Å². The number of morpholine rings is 1. The van der Waals surface area contributed by atoms with Crippen molar-refractivity contribution in [3.8, 4) is 6.07 Å². The van der Waals surface area contributed by atoms with E-state index in [1.165, 1.54) is 0 Å². The summed E-state index contributed by atoms with van der Waals surface area (Å²) in [6.45, 7) is 6.85. The molecule has 0 aliphatic carbocycles. The molecule has 74 valence electrons. The molecule has 1 heterocycles. The van der Waals surface area contributed by atoms with E-state index in [0.29, 0.717) is 6.42 Å². The summed E-state index contributed by atoms with van der Waals surface area (Å²) in [6, 6.07) is 2.41. The van der Waals surface area contributed by atoms with Gasteiger partial charge in [-0.2, -0.15) is 0 Å². The molecule has 0 aromatic carbocycles. The number of ether oxygens (including phenoxy) is 1. The van der Waals surface area contributed by atoms with Gasteiger partial charge in [-0.05, 0) is 13.8 Å². The molecule has 13 heavy (non-hydrogen) atoms. The average Bonchev–Trinajstić information content (AvgIpc) is 2.03. The van der Waals surface area contributed by atoms with Gasteiger partial charge in [-0.15, -0.1) is 0 Å². The Morgan fingerprint density at radius 3 is 2.62 bits per heavy atom. The van der Waals surface area contributed by atoms with Crippen LogP contribution in [0.3, 0.4) is 0 Å². The summed E-state index contributed by atoms with van der Waals surface area (Å²) in [6.07, 6.45) is 1.18. The van der Waals surface area contributed by atoms with Crippen LogP contribution in [0.25, 0.3) is 5.01 Å². The molecule has 0 aromatic heterocycles. The van der Waals surface area contributed by atoms with Gasteiger partial charge in [0.25, 0.3) is 6.07 Å². The van der Waals surface area contributed by atoms with Gasteiger partial charge >= 0.3 is 0 Å². The first-order chi connectivity index (χ1) is 6.22. The van der Waals surface area contributed by atoms with Crippen LogP contribution in [0, 0.1) is 11.3 Å². The second kappa shape index (κ2) is 5.05. The van der Waals surface area contributed by atoms with Crippen LogP contribution in [0.1, 0.15) is 20.3 Å². The van der Waals surface area contributed by atoms with E-state index < -0.39 is 0 Å². The lowest BCUT2D eigenvalue weighted by Crippen LogP contribution is -2.45. The summed E-state index contributed by atoms with van der Waals surface area (Å²) in [4.78, 5) is 2.27. The van der Waals surface area contributed by atoms with E-state index in [1.807, 2.05) is 0 Å². The molecule has 1 fully saturated rings. The van der Waals surface area contributed by atoms with Crippen LogP contribution in [0.2, 0.25) is 0 Å². The zero-order valence-electron chi connectivity index (χ0n) is 8.19. The summed E-state index contributed by atoms with van der Waals surface area (Å²) < 4.78 is 5.58. The second-order valence-corrected chi connectivity index (χ2v) is 3.52. The minimum atomic E-state index is 0.285. The molecule has 1 aliphatic heterocycles. The van der Waals surface area contributed by atoms with E-state index in [2.05, 4.69) is 29.8 Å². The fourth-order valence-electron chi connectivity index (χ4n) is 1.72. The molecule has 1 rings (SSSR count). The predicted molar refractivity (Wildman–Crippen MR) is 51.7 cm³/mol. The molecule has 0 radical (unpaired) electrons. The Morgan fingerprint density at radius 2 is 2.08 bits per heavy atom. The van der Waals surface area contributed by atoms with Gasteiger partial charge < -0.3 is 9.94 Å². The van der Waals surface area contributed by atoms with Crippen molar-refractivity contribution in [1.29, 1.82) is 0 Å². The fourth-order valence-corrected chi connectivity index (χ4v) is 1.72. The van der Waals surface area contributed by atoms with E-state index in [9.17, 15) is 5.21 Å². The Labute approximate surface area is 78.9 Å². The summed E-state index contributed by atoms with van der Waals surface area (Å²) in [5.41, 5.74) is 0. The maximum Gasteiger partial charge on any atom is 0.299 e. The summed E-state index contributed by atoms with van der Waals surface area (Å²) >= 11 is 0. The highest BCUT2D eigenvalue weighted by atomic mass is 16.5. The Bertz CT molecular complexity index is 199. The number of hydrogen-bond donors (Lipinski definition) is 0. The first kappa shape index (κ1) is 10.3. The molecular formula is C9H16N2O2. The van der Waals surface area contributed by atoms with Crippen LogP contribution in [-0.2, 0) is 4.74 Å². The molecule has 1 aliphatic rings. The van der Waals surface area contributed by atoms with E-state index in [1.54, 1.807) is 0 Å². The molecule has 1 saturated heterocycles. The molecule has 2 unspecified atom stereocenters. The molecule has 0 aromatic rings. The van der Waals surface area contributed by atoms with Gasteiger partial charge in [0.15, 0.2) is 0 Å². The van der Waals surface area contributed by atoms with Crippen molar-refractivity contribution in [3.63, 3.8) is 0 Å². The first-order valence-corrected chi connectivity index (χ1v) is 4.65. The maximum absolute atomic E-state index is 9.77. The number of hydrogen-bond acceptors (Lipinski definition) is 3. The van der Waals surface area contributed by atoms with Crippen molar-refractivity contribution in [2.75, 3.05) is 19.6 Å². The maximum atomic E-state index is 9.77. The Hall–Kier alpha value is -0.790. The van der Waals surface area contributed by atoms with Gasteiger partial charge in [-0.3, -0.25) is 4.90 Å².